The zero-order chi connectivity index (χ0) is 13.1. The third-order valence-corrected chi connectivity index (χ3v) is 4.68. The van der Waals surface area contributed by atoms with Crippen molar-refractivity contribution in [3.8, 4) is 0 Å². The van der Waals surface area contributed by atoms with Crippen LogP contribution in [0.5, 0.6) is 0 Å². The molecule has 0 spiro atoms. The highest BCUT2D eigenvalue weighted by Gasteiger charge is 2.31. The van der Waals surface area contributed by atoms with Gasteiger partial charge in [-0.15, -0.1) is 0 Å². The monoisotopic (exact) mass is 252 g/mol. The van der Waals surface area contributed by atoms with Crippen LogP contribution in [0.3, 0.4) is 0 Å². The maximum Gasteiger partial charge on any atom is 0.224 e. The van der Waals surface area contributed by atoms with Gasteiger partial charge in [-0.05, 0) is 43.9 Å². The Morgan fingerprint density at radius 3 is 2.28 bits per heavy atom. The molecule has 0 bridgehead atoms. The van der Waals surface area contributed by atoms with E-state index in [0.29, 0.717) is 6.04 Å². The minimum Gasteiger partial charge on any atom is -0.353 e. The number of rotatable bonds is 2. The minimum absolute atomic E-state index is 0.0614. The molecular weight excluding hydrogens is 224 g/mol. The van der Waals surface area contributed by atoms with Crippen molar-refractivity contribution >= 4 is 5.91 Å². The van der Waals surface area contributed by atoms with Gasteiger partial charge < -0.3 is 11.1 Å². The largest absolute Gasteiger partial charge is 0.353 e. The molecule has 4 atom stereocenters. The number of carbonyl (C=O) groups is 1. The molecule has 3 N–H and O–H groups in total. The van der Waals surface area contributed by atoms with Crippen molar-refractivity contribution in [2.24, 2.45) is 23.5 Å². The molecule has 0 aromatic carbocycles. The molecule has 2 aliphatic rings. The normalized spacial score (nSPS) is 41.4. The summed E-state index contributed by atoms with van der Waals surface area (Å²) in [4.78, 5) is 12.3. The summed E-state index contributed by atoms with van der Waals surface area (Å²) < 4.78 is 0. The second kappa shape index (κ2) is 6.05. The van der Waals surface area contributed by atoms with Crippen molar-refractivity contribution in [1.29, 1.82) is 0 Å². The molecule has 2 aliphatic carbocycles. The number of carbonyl (C=O) groups excluding carboxylic acids is 1. The van der Waals surface area contributed by atoms with Gasteiger partial charge >= 0.3 is 0 Å². The Balaban J connectivity index is 1.86. The van der Waals surface area contributed by atoms with Gasteiger partial charge in [0.1, 0.15) is 0 Å². The SMILES string of the molecule is CC1CC(C)CC(NC(=O)C2CCCCC2N)C1. The predicted molar refractivity (Wildman–Crippen MR) is 74.0 cm³/mol. The van der Waals surface area contributed by atoms with E-state index in [0.717, 1.165) is 43.9 Å². The highest BCUT2D eigenvalue weighted by atomic mass is 16.2. The summed E-state index contributed by atoms with van der Waals surface area (Å²) in [6, 6.07) is 0.461. The molecule has 2 fully saturated rings. The van der Waals surface area contributed by atoms with Gasteiger partial charge in [0, 0.05) is 12.1 Å². The molecule has 3 heteroatoms. The molecule has 0 heterocycles. The van der Waals surface area contributed by atoms with Crippen molar-refractivity contribution in [2.75, 3.05) is 0 Å². The van der Waals surface area contributed by atoms with E-state index < -0.39 is 0 Å². The third kappa shape index (κ3) is 3.47. The molecular formula is C15H28N2O. The molecule has 0 aromatic heterocycles. The second-order valence-electron chi connectivity index (χ2n) is 6.68. The Bertz CT molecular complexity index is 282. The van der Waals surface area contributed by atoms with E-state index >= 15 is 0 Å². The second-order valence-corrected chi connectivity index (χ2v) is 6.68. The summed E-state index contributed by atoms with van der Waals surface area (Å²) in [7, 11) is 0. The van der Waals surface area contributed by atoms with Gasteiger partial charge in [0.2, 0.25) is 5.91 Å². The Morgan fingerprint density at radius 1 is 1.06 bits per heavy atom. The van der Waals surface area contributed by atoms with Crippen LogP contribution in [-0.4, -0.2) is 18.0 Å². The fraction of sp³-hybridized carbons (Fsp3) is 0.933. The van der Waals surface area contributed by atoms with Gasteiger partial charge in [0.25, 0.3) is 0 Å². The minimum atomic E-state index is 0.0614. The topological polar surface area (TPSA) is 55.1 Å². The van der Waals surface area contributed by atoms with Crippen LogP contribution in [0.15, 0.2) is 0 Å². The standard InChI is InChI=1S/C15H28N2O/c1-10-7-11(2)9-12(8-10)17-15(18)13-5-3-4-6-14(13)16/h10-14H,3-9,16H2,1-2H3,(H,17,18). The summed E-state index contributed by atoms with van der Waals surface area (Å²) in [5.41, 5.74) is 6.08. The lowest BCUT2D eigenvalue weighted by atomic mass is 9.79. The Morgan fingerprint density at radius 2 is 1.67 bits per heavy atom. The van der Waals surface area contributed by atoms with Crippen LogP contribution in [-0.2, 0) is 4.79 Å². The molecule has 4 unspecified atom stereocenters. The van der Waals surface area contributed by atoms with Crippen LogP contribution in [0.4, 0.5) is 0 Å². The summed E-state index contributed by atoms with van der Waals surface area (Å²) in [5, 5.41) is 3.26. The van der Waals surface area contributed by atoms with Crippen molar-refractivity contribution in [3.05, 3.63) is 0 Å². The van der Waals surface area contributed by atoms with Gasteiger partial charge in [-0.1, -0.05) is 26.7 Å². The van der Waals surface area contributed by atoms with Gasteiger partial charge in [0.15, 0.2) is 0 Å². The number of nitrogens with one attached hydrogen (secondary N) is 1. The van der Waals surface area contributed by atoms with E-state index in [1.165, 1.54) is 12.8 Å². The molecule has 1 amide bonds. The highest BCUT2D eigenvalue weighted by molar-refractivity contribution is 5.79. The summed E-state index contributed by atoms with van der Waals surface area (Å²) in [6.45, 7) is 4.59. The van der Waals surface area contributed by atoms with Gasteiger partial charge in [-0.25, -0.2) is 0 Å². The highest BCUT2D eigenvalue weighted by Crippen LogP contribution is 2.29. The molecule has 2 rings (SSSR count). The molecule has 3 nitrogen and oxygen atoms in total. The van der Waals surface area contributed by atoms with E-state index in [2.05, 4.69) is 19.2 Å². The maximum atomic E-state index is 12.3. The Hall–Kier alpha value is -0.570. The van der Waals surface area contributed by atoms with E-state index in [9.17, 15) is 4.79 Å². The fourth-order valence-corrected chi connectivity index (χ4v) is 3.86. The van der Waals surface area contributed by atoms with Crippen molar-refractivity contribution in [3.63, 3.8) is 0 Å². The average Bonchev–Trinajstić information content (AvgIpc) is 2.27. The number of amides is 1. The molecule has 0 radical (unpaired) electrons. The van der Waals surface area contributed by atoms with E-state index in [4.69, 9.17) is 5.73 Å². The number of nitrogens with two attached hydrogens (primary N) is 1. The zero-order valence-corrected chi connectivity index (χ0v) is 11.8. The Kier molecular flexibility index (Phi) is 4.66. The van der Waals surface area contributed by atoms with Crippen LogP contribution in [0, 0.1) is 17.8 Å². The molecule has 0 aliphatic heterocycles. The summed E-state index contributed by atoms with van der Waals surface area (Å²) in [6.07, 6.45) is 7.90. The van der Waals surface area contributed by atoms with Gasteiger partial charge in [0.05, 0.1) is 5.92 Å². The van der Waals surface area contributed by atoms with E-state index in [1.54, 1.807) is 0 Å². The number of hydrogen-bond donors (Lipinski definition) is 2. The average molecular weight is 252 g/mol. The smallest absolute Gasteiger partial charge is 0.224 e. The summed E-state index contributed by atoms with van der Waals surface area (Å²) in [5.74, 6) is 1.75. The molecule has 2 saturated carbocycles. The molecule has 0 aromatic rings. The predicted octanol–water partition coefficient (Wildman–Crippen LogP) is 2.44. The van der Waals surface area contributed by atoms with Gasteiger partial charge in [-0.3, -0.25) is 4.79 Å². The lowest BCUT2D eigenvalue weighted by Crippen LogP contribution is -2.48. The van der Waals surface area contributed by atoms with Crippen molar-refractivity contribution in [2.45, 2.75) is 70.9 Å². The Labute approximate surface area is 111 Å². The van der Waals surface area contributed by atoms with Crippen LogP contribution < -0.4 is 11.1 Å². The maximum absolute atomic E-state index is 12.3. The first-order valence-electron chi connectivity index (χ1n) is 7.62. The fourth-order valence-electron chi connectivity index (χ4n) is 3.86. The molecule has 0 saturated heterocycles. The van der Waals surface area contributed by atoms with Crippen LogP contribution in [0.25, 0.3) is 0 Å². The zero-order valence-electron chi connectivity index (χ0n) is 11.8. The molecule has 104 valence electrons. The first-order chi connectivity index (χ1) is 8.56. The first kappa shape index (κ1) is 13.9. The quantitative estimate of drug-likeness (QED) is 0.793. The van der Waals surface area contributed by atoms with E-state index in [1.807, 2.05) is 0 Å². The lowest BCUT2D eigenvalue weighted by molar-refractivity contribution is -0.127. The van der Waals surface area contributed by atoms with Gasteiger partial charge in [-0.2, -0.15) is 0 Å². The van der Waals surface area contributed by atoms with Crippen molar-refractivity contribution < 1.29 is 4.79 Å². The number of hydrogen-bond acceptors (Lipinski definition) is 2. The van der Waals surface area contributed by atoms with Crippen LogP contribution in [0.2, 0.25) is 0 Å². The lowest BCUT2D eigenvalue weighted by Gasteiger charge is -2.34. The summed E-state index contributed by atoms with van der Waals surface area (Å²) >= 11 is 0. The van der Waals surface area contributed by atoms with Crippen LogP contribution >= 0.6 is 0 Å². The van der Waals surface area contributed by atoms with Crippen LogP contribution in [0.1, 0.15) is 58.8 Å². The third-order valence-electron chi connectivity index (χ3n) is 4.68. The molecule has 18 heavy (non-hydrogen) atoms. The first-order valence-corrected chi connectivity index (χ1v) is 7.62. The van der Waals surface area contributed by atoms with Crippen molar-refractivity contribution in [1.82, 2.24) is 5.32 Å². The van der Waals surface area contributed by atoms with E-state index in [-0.39, 0.29) is 17.9 Å².